The molecule has 1 aromatic heterocycles. The lowest BCUT2D eigenvalue weighted by molar-refractivity contribution is 0.804. The summed E-state index contributed by atoms with van der Waals surface area (Å²) in [4.78, 5) is 12.3. The molecule has 1 aliphatic heterocycles. The Morgan fingerprint density at radius 3 is 2.52 bits per heavy atom. The van der Waals surface area contributed by atoms with Crippen LogP contribution in [-0.4, -0.2) is 42.6 Å². The molecule has 0 unspecified atom stereocenters. The maximum atomic E-state index is 4.36. The summed E-state index contributed by atoms with van der Waals surface area (Å²) in [5, 5.41) is 7.74. The van der Waals surface area contributed by atoms with Crippen LogP contribution in [0.3, 0.4) is 0 Å². The van der Waals surface area contributed by atoms with Crippen LogP contribution in [-0.2, 0) is 13.1 Å². The quantitative estimate of drug-likeness (QED) is 0.622. The summed E-state index contributed by atoms with van der Waals surface area (Å²) < 4.78 is 0. The monoisotopic (exact) mass is 375 g/mol. The lowest BCUT2D eigenvalue weighted by Gasteiger charge is -2.28. The molecule has 1 aromatic carbocycles. The van der Waals surface area contributed by atoms with Crippen LogP contribution in [0.1, 0.15) is 15.4 Å². The molecule has 5 nitrogen and oxygen atoms in total. The lowest BCUT2D eigenvalue weighted by Crippen LogP contribution is -2.36. The van der Waals surface area contributed by atoms with E-state index in [2.05, 4.69) is 56.7 Å². The zero-order valence-electron chi connectivity index (χ0n) is 14.8. The standard InChI is InChI=1S/C18H25N5S2/c1-14-11-20-17(25-14)13-22-18(19-2)21-12-15-3-5-16(6-4-15)23-7-9-24-10-8-23/h3-6,11H,7-10,12-13H2,1-2H3,(H2,19,21,22). The number of benzene rings is 1. The van der Waals surface area contributed by atoms with E-state index in [4.69, 9.17) is 0 Å². The molecular formula is C18H25N5S2. The topological polar surface area (TPSA) is 52.6 Å². The first-order valence-electron chi connectivity index (χ1n) is 8.52. The van der Waals surface area contributed by atoms with Gasteiger partial charge in [-0.15, -0.1) is 11.3 Å². The highest BCUT2D eigenvalue weighted by molar-refractivity contribution is 7.99. The summed E-state index contributed by atoms with van der Waals surface area (Å²) in [7, 11) is 1.79. The van der Waals surface area contributed by atoms with Crippen molar-refractivity contribution in [3.63, 3.8) is 0 Å². The summed E-state index contributed by atoms with van der Waals surface area (Å²) >= 11 is 3.75. The number of nitrogens with one attached hydrogen (secondary N) is 2. The minimum Gasteiger partial charge on any atom is -0.370 e. The van der Waals surface area contributed by atoms with Crippen LogP contribution < -0.4 is 15.5 Å². The molecule has 0 saturated carbocycles. The van der Waals surface area contributed by atoms with Crippen molar-refractivity contribution >= 4 is 34.7 Å². The van der Waals surface area contributed by atoms with E-state index >= 15 is 0 Å². The molecule has 1 saturated heterocycles. The number of hydrogen-bond donors (Lipinski definition) is 2. The van der Waals surface area contributed by atoms with Crippen LogP contribution in [0.15, 0.2) is 35.5 Å². The van der Waals surface area contributed by atoms with Crippen molar-refractivity contribution < 1.29 is 0 Å². The van der Waals surface area contributed by atoms with Gasteiger partial charge in [0, 0.05) is 54.9 Å². The maximum Gasteiger partial charge on any atom is 0.191 e. The van der Waals surface area contributed by atoms with E-state index in [1.165, 1.54) is 27.6 Å². The fraction of sp³-hybridized carbons (Fsp3) is 0.444. The van der Waals surface area contributed by atoms with Gasteiger partial charge >= 0.3 is 0 Å². The third kappa shape index (κ3) is 5.37. The van der Waals surface area contributed by atoms with Gasteiger partial charge in [0.25, 0.3) is 0 Å². The van der Waals surface area contributed by atoms with E-state index in [9.17, 15) is 0 Å². The second-order valence-electron chi connectivity index (χ2n) is 5.91. The Labute approximate surface area is 158 Å². The van der Waals surface area contributed by atoms with Gasteiger partial charge in [-0.3, -0.25) is 4.99 Å². The second-order valence-corrected chi connectivity index (χ2v) is 8.45. The minimum atomic E-state index is 0.699. The molecule has 1 fully saturated rings. The Kier molecular flexibility index (Phi) is 6.58. The highest BCUT2D eigenvalue weighted by Gasteiger charge is 2.10. The van der Waals surface area contributed by atoms with Gasteiger partial charge in [0.2, 0.25) is 0 Å². The smallest absolute Gasteiger partial charge is 0.191 e. The highest BCUT2D eigenvalue weighted by atomic mass is 32.2. The molecule has 7 heteroatoms. The molecule has 25 heavy (non-hydrogen) atoms. The molecule has 0 spiro atoms. The van der Waals surface area contributed by atoms with Gasteiger partial charge in [0.05, 0.1) is 6.54 Å². The van der Waals surface area contributed by atoms with Crippen molar-refractivity contribution in [1.82, 2.24) is 15.6 Å². The van der Waals surface area contributed by atoms with Crippen molar-refractivity contribution in [3.05, 3.63) is 45.9 Å². The van der Waals surface area contributed by atoms with Gasteiger partial charge in [0.15, 0.2) is 5.96 Å². The molecule has 0 amide bonds. The van der Waals surface area contributed by atoms with Crippen LogP contribution in [0.2, 0.25) is 0 Å². The molecule has 2 aromatic rings. The predicted octanol–water partition coefficient (Wildman–Crippen LogP) is 2.87. The van der Waals surface area contributed by atoms with E-state index < -0.39 is 0 Å². The average Bonchev–Trinajstić information content (AvgIpc) is 3.08. The molecule has 134 valence electrons. The highest BCUT2D eigenvalue weighted by Crippen LogP contribution is 2.19. The van der Waals surface area contributed by atoms with Crippen LogP contribution in [0.5, 0.6) is 0 Å². The molecular weight excluding hydrogens is 350 g/mol. The first kappa shape index (κ1) is 18.1. The van der Waals surface area contributed by atoms with Crippen molar-refractivity contribution in [2.75, 3.05) is 36.5 Å². The van der Waals surface area contributed by atoms with Gasteiger partial charge in [0.1, 0.15) is 5.01 Å². The molecule has 0 radical (unpaired) electrons. The zero-order valence-corrected chi connectivity index (χ0v) is 16.4. The van der Waals surface area contributed by atoms with Crippen molar-refractivity contribution in [1.29, 1.82) is 0 Å². The normalized spacial score (nSPS) is 15.3. The Hall–Kier alpha value is -1.73. The first-order valence-corrected chi connectivity index (χ1v) is 10.5. The van der Waals surface area contributed by atoms with Gasteiger partial charge in [-0.25, -0.2) is 4.98 Å². The van der Waals surface area contributed by atoms with Gasteiger partial charge in [-0.2, -0.15) is 11.8 Å². The average molecular weight is 376 g/mol. The van der Waals surface area contributed by atoms with Crippen molar-refractivity contribution in [3.8, 4) is 0 Å². The number of anilines is 1. The van der Waals surface area contributed by atoms with Crippen molar-refractivity contribution in [2.24, 2.45) is 4.99 Å². The maximum absolute atomic E-state index is 4.36. The number of rotatable bonds is 5. The van der Waals surface area contributed by atoms with Gasteiger partial charge in [-0.05, 0) is 24.6 Å². The summed E-state index contributed by atoms with van der Waals surface area (Å²) in [6.45, 7) is 5.82. The summed E-state index contributed by atoms with van der Waals surface area (Å²) in [5.74, 6) is 3.25. The molecule has 2 heterocycles. The zero-order chi connectivity index (χ0) is 17.5. The summed E-state index contributed by atoms with van der Waals surface area (Å²) in [6, 6.07) is 8.84. The largest absolute Gasteiger partial charge is 0.370 e. The number of aryl methyl sites for hydroxylation is 1. The minimum absolute atomic E-state index is 0.699. The number of thioether (sulfide) groups is 1. The van der Waals surface area contributed by atoms with E-state index in [-0.39, 0.29) is 0 Å². The number of hydrogen-bond acceptors (Lipinski definition) is 5. The lowest BCUT2D eigenvalue weighted by atomic mass is 10.2. The molecule has 0 aliphatic carbocycles. The SMILES string of the molecule is CN=C(NCc1ccc(N2CCSCC2)cc1)NCc1ncc(C)s1. The third-order valence-corrected chi connectivity index (χ3v) is 5.93. The van der Waals surface area contributed by atoms with Crippen LogP contribution in [0, 0.1) is 6.92 Å². The number of aliphatic imine (C=N–C) groups is 1. The van der Waals surface area contributed by atoms with E-state index in [0.717, 1.165) is 30.6 Å². The van der Waals surface area contributed by atoms with E-state index in [1.54, 1.807) is 18.4 Å². The summed E-state index contributed by atoms with van der Waals surface area (Å²) in [5.41, 5.74) is 2.58. The molecule has 2 N–H and O–H groups in total. The first-order chi connectivity index (χ1) is 12.2. The van der Waals surface area contributed by atoms with E-state index in [0.29, 0.717) is 6.54 Å². The van der Waals surface area contributed by atoms with Gasteiger partial charge < -0.3 is 15.5 Å². The number of thiazole rings is 1. The second kappa shape index (κ2) is 9.10. The Morgan fingerprint density at radius 2 is 1.88 bits per heavy atom. The van der Waals surface area contributed by atoms with Crippen LogP contribution >= 0.6 is 23.1 Å². The number of nitrogens with zero attached hydrogens (tertiary/aromatic N) is 3. The Bertz CT molecular complexity index is 690. The third-order valence-electron chi connectivity index (χ3n) is 4.07. The fourth-order valence-electron chi connectivity index (χ4n) is 2.70. The Morgan fingerprint density at radius 1 is 1.16 bits per heavy atom. The molecule has 1 aliphatic rings. The molecule has 3 rings (SSSR count). The number of aromatic nitrogens is 1. The van der Waals surface area contributed by atoms with Gasteiger partial charge in [-0.1, -0.05) is 12.1 Å². The van der Waals surface area contributed by atoms with Crippen LogP contribution in [0.25, 0.3) is 0 Å². The Balaban J connectivity index is 1.47. The molecule has 0 bridgehead atoms. The number of guanidine groups is 1. The summed E-state index contributed by atoms with van der Waals surface area (Å²) in [6.07, 6.45) is 1.90. The fourth-order valence-corrected chi connectivity index (χ4v) is 4.32. The predicted molar refractivity (Wildman–Crippen MR) is 110 cm³/mol. The molecule has 0 atom stereocenters. The van der Waals surface area contributed by atoms with Crippen LogP contribution in [0.4, 0.5) is 5.69 Å². The van der Waals surface area contributed by atoms with Crippen molar-refractivity contribution in [2.45, 2.75) is 20.0 Å². The van der Waals surface area contributed by atoms with E-state index in [1.807, 2.05) is 18.0 Å².